The monoisotopic (exact) mass is 355 g/mol. The molecular weight excluding hydrogens is 338 g/mol. The Morgan fingerprint density at radius 3 is 2.68 bits per heavy atom. The van der Waals surface area contributed by atoms with Crippen molar-refractivity contribution in [3.05, 3.63) is 52.1 Å². The predicted octanol–water partition coefficient (Wildman–Crippen LogP) is 2.42. The van der Waals surface area contributed by atoms with E-state index in [-0.39, 0.29) is 5.91 Å². The van der Waals surface area contributed by atoms with Crippen molar-refractivity contribution in [2.45, 2.75) is 13.8 Å². The normalized spacial score (nSPS) is 10.5. The molecule has 0 saturated carbocycles. The van der Waals surface area contributed by atoms with Crippen LogP contribution < -0.4 is 10.1 Å². The summed E-state index contributed by atoms with van der Waals surface area (Å²) in [7, 11) is 0. The first-order valence-electron chi connectivity index (χ1n) is 7.73. The Hall–Kier alpha value is -2.87. The summed E-state index contributed by atoms with van der Waals surface area (Å²) in [5, 5.41) is 11.8. The van der Waals surface area contributed by atoms with Gasteiger partial charge in [-0.25, -0.2) is 4.98 Å². The standard InChI is InChI=1S/C17H17N5O2S/c1-11-16(25-12(2)20-11)17(23)19-9-10-24-15-7-6-14(21-22-15)13-5-3-4-8-18-13/h3-8H,9-10H2,1-2H3,(H,19,23). The molecule has 3 heterocycles. The first-order valence-corrected chi connectivity index (χ1v) is 8.55. The van der Waals surface area contributed by atoms with E-state index in [0.717, 1.165) is 16.4 Å². The summed E-state index contributed by atoms with van der Waals surface area (Å²) in [6.07, 6.45) is 1.70. The second-order valence-electron chi connectivity index (χ2n) is 5.22. The SMILES string of the molecule is Cc1nc(C)c(C(=O)NCCOc2ccc(-c3ccccn3)nn2)s1. The van der Waals surface area contributed by atoms with E-state index in [1.165, 1.54) is 11.3 Å². The minimum Gasteiger partial charge on any atom is -0.475 e. The molecule has 0 aromatic carbocycles. The highest BCUT2D eigenvalue weighted by Gasteiger charge is 2.13. The first kappa shape index (κ1) is 17.0. The summed E-state index contributed by atoms with van der Waals surface area (Å²) in [5.74, 6) is 0.266. The highest BCUT2D eigenvalue weighted by atomic mass is 32.1. The zero-order chi connectivity index (χ0) is 17.6. The van der Waals surface area contributed by atoms with Crippen LogP contribution in [-0.2, 0) is 0 Å². The number of nitrogens with zero attached hydrogens (tertiary/aromatic N) is 4. The lowest BCUT2D eigenvalue weighted by atomic mass is 10.2. The van der Waals surface area contributed by atoms with Crippen LogP contribution in [0.1, 0.15) is 20.4 Å². The van der Waals surface area contributed by atoms with E-state index >= 15 is 0 Å². The molecule has 0 radical (unpaired) electrons. The fourth-order valence-electron chi connectivity index (χ4n) is 2.19. The second-order valence-corrected chi connectivity index (χ2v) is 6.43. The summed E-state index contributed by atoms with van der Waals surface area (Å²) >= 11 is 1.38. The Labute approximate surface area is 149 Å². The van der Waals surface area contributed by atoms with Gasteiger partial charge in [0.1, 0.15) is 17.2 Å². The molecule has 128 valence electrons. The van der Waals surface area contributed by atoms with Gasteiger partial charge in [-0.05, 0) is 32.0 Å². The van der Waals surface area contributed by atoms with E-state index in [1.54, 1.807) is 18.3 Å². The third-order valence-electron chi connectivity index (χ3n) is 3.31. The van der Waals surface area contributed by atoms with Gasteiger partial charge in [0.15, 0.2) is 0 Å². The molecule has 1 amide bonds. The van der Waals surface area contributed by atoms with Gasteiger partial charge < -0.3 is 10.1 Å². The van der Waals surface area contributed by atoms with Crippen molar-refractivity contribution in [2.24, 2.45) is 0 Å². The van der Waals surface area contributed by atoms with E-state index < -0.39 is 0 Å². The van der Waals surface area contributed by atoms with Crippen LogP contribution in [0.5, 0.6) is 5.88 Å². The van der Waals surface area contributed by atoms with Crippen LogP contribution in [0.15, 0.2) is 36.5 Å². The molecule has 0 fully saturated rings. The summed E-state index contributed by atoms with van der Waals surface area (Å²) in [5.41, 5.74) is 2.18. The molecule has 25 heavy (non-hydrogen) atoms. The van der Waals surface area contributed by atoms with E-state index in [9.17, 15) is 4.79 Å². The molecule has 0 aliphatic carbocycles. The van der Waals surface area contributed by atoms with Crippen molar-refractivity contribution in [1.82, 2.24) is 25.5 Å². The van der Waals surface area contributed by atoms with Crippen LogP contribution in [0, 0.1) is 13.8 Å². The highest BCUT2D eigenvalue weighted by molar-refractivity contribution is 7.13. The average molecular weight is 355 g/mol. The largest absolute Gasteiger partial charge is 0.475 e. The first-order chi connectivity index (χ1) is 12.1. The van der Waals surface area contributed by atoms with Crippen molar-refractivity contribution in [1.29, 1.82) is 0 Å². The maximum absolute atomic E-state index is 12.1. The van der Waals surface area contributed by atoms with Gasteiger partial charge in [0, 0.05) is 12.3 Å². The molecule has 0 aliphatic heterocycles. The van der Waals surface area contributed by atoms with Crippen LogP contribution in [0.3, 0.4) is 0 Å². The molecule has 3 rings (SSSR count). The number of hydrogen-bond donors (Lipinski definition) is 1. The lowest BCUT2D eigenvalue weighted by Crippen LogP contribution is -2.28. The molecular formula is C17H17N5O2S. The second kappa shape index (κ2) is 7.80. The van der Waals surface area contributed by atoms with Gasteiger partial charge in [-0.15, -0.1) is 21.5 Å². The van der Waals surface area contributed by atoms with Crippen molar-refractivity contribution in [3.63, 3.8) is 0 Å². The summed E-state index contributed by atoms with van der Waals surface area (Å²) in [6, 6.07) is 9.13. The van der Waals surface area contributed by atoms with Crippen LogP contribution in [0.25, 0.3) is 11.4 Å². The maximum Gasteiger partial charge on any atom is 0.263 e. The van der Waals surface area contributed by atoms with Gasteiger partial charge in [0.25, 0.3) is 5.91 Å². The van der Waals surface area contributed by atoms with Gasteiger partial charge in [0.2, 0.25) is 5.88 Å². The number of amides is 1. The lowest BCUT2D eigenvalue weighted by Gasteiger charge is -2.06. The van der Waals surface area contributed by atoms with Gasteiger partial charge in [0.05, 0.1) is 22.9 Å². The van der Waals surface area contributed by atoms with Crippen LogP contribution in [0.2, 0.25) is 0 Å². The van der Waals surface area contributed by atoms with Gasteiger partial charge >= 0.3 is 0 Å². The Kier molecular flexibility index (Phi) is 5.30. The average Bonchev–Trinajstić information content (AvgIpc) is 2.98. The Bertz CT molecular complexity index is 849. The van der Waals surface area contributed by atoms with Crippen LogP contribution >= 0.6 is 11.3 Å². The molecule has 0 spiro atoms. The third kappa shape index (κ3) is 4.36. The van der Waals surface area contributed by atoms with Crippen molar-refractivity contribution < 1.29 is 9.53 Å². The van der Waals surface area contributed by atoms with Gasteiger partial charge in [-0.2, -0.15) is 0 Å². The number of carbonyl (C=O) groups is 1. The summed E-state index contributed by atoms with van der Waals surface area (Å²) < 4.78 is 5.50. The van der Waals surface area contributed by atoms with Crippen LogP contribution in [-0.4, -0.2) is 39.2 Å². The number of nitrogens with one attached hydrogen (secondary N) is 1. The Morgan fingerprint density at radius 1 is 1.16 bits per heavy atom. The minimum absolute atomic E-state index is 0.136. The molecule has 0 saturated heterocycles. The van der Waals surface area contributed by atoms with Crippen molar-refractivity contribution in [3.8, 4) is 17.3 Å². The number of hydrogen-bond acceptors (Lipinski definition) is 7. The summed E-state index contributed by atoms with van der Waals surface area (Å²) in [6.45, 7) is 4.39. The molecule has 0 aliphatic rings. The predicted molar refractivity (Wildman–Crippen MR) is 94.7 cm³/mol. The number of aromatic nitrogens is 4. The molecule has 0 atom stereocenters. The van der Waals surface area contributed by atoms with Gasteiger partial charge in [-0.3, -0.25) is 9.78 Å². The van der Waals surface area contributed by atoms with E-state index in [2.05, 4.69) is 25.5 Å². The highest BCUT2D eigenvalue weighted by Crippen LogP contribution is 2.17. The van der Waals surface area contributed by atoms with E-state index in [4.69, 9.17) is 4.74 Å². The summed E-state index contributed by atoms with van der Waals surface area (Å²) in [4.78, 5) is 21.2. The van der Waals surface area contributed by atoms with E-state index in [0.29, 0.717) is 29.6 Å². The number of rotatable bonds is 6. The molecule has 7 nitrogen and oxygen atoms in total. The topological polar surface area (TPSA) is 89.9 Å². The smallest absolute Gasteiger partial charge is 0.263 e. The van der Waals surface area contributed by atoms with Crippen molar-refractivity contribution in [2.75, 3.05) is 13.2 Å². The Balaban J connectivity index is 1.48. The van der Waals surface area contributed by atoms with Crippen molar-refractivity contribution >= 4 is 17.2 Å². The molecule has 0 bridgehead atoms. The zero-order valence-electron chi connectivity index (χ0n) is 13.9. The maximum atomic E-state index is 12.1. The minimum atomic E-state index is -0.136. The number of ether oxygens (including phenoxy) is 1. The Morgan fingerprint density at radius 2 is 2.04 bits per heavy atom. The molecule has 3 aromatic rings. The molecule has 0 unspecified atom stereocenters. The molecule has 1 N–H and O–H groups in total. The fourth-order valence-corrected chi connectivity index (χ4v) is 3.03. The number of aryl methyl sites for hydroxylation is 2. The quantitative estimate of drug-likeness (QED) is 0.683. The number of thiazole rings is 1. The van der Waals surface area contributed by atoms with Gasteiger partial charge in [-0.1, -0.05) is 6.07 Å². The van der Waals surface area contributed by atoms with Crippen LogP contribution in [0.4, 0.5) is 0 Å². The zero-order valence-corrected chi connectivity index (χ0v) is 14.7. The molecule has 3 aromatic heterocycles. The number of pyridine rings is 1. The fraction of sp³-hybridized carbons (Fsp3) is 0.235. The molecule has 8 heteroatoms. The van der Waals surface area contributed by atoms with E-state index in [1.807, 2.05) is 32.0 Å². The lowest BCUT2D eigenvalue weighted by molar-refractivity contribution is 0.0950. The third-order valence-corrected chi connectivity index (χ3v) is 4.39. The number of carbonyl (C=O) groups excluding carboxylic acids is 1.